The normalized spacial score (nSPS) is 10.4. The molecule has 0 saturated heterocycles. The first-order valence-electron chi connectivity index (χ1n) is 4.48. The molecule has 0 bridgehead atoms. The molecule has 84 valence electrons. The van der Waals surface area contributed by atoms with Gasteiger partial charge in [-0.25, -0.2) is 0 Å². The summed E-state index contributed by atoms with van der Waals surface area (Å²) in [5.74, 6) is 0.816. The van der Waals surface area contributed by atoms with Crippen LogP contribution in [0.25, 0.3) is 0 Å². The Hall–Kier alpha value is -1.21. The van der Waals surface area contributed by atoms with E-state index in [0.29, 0.717) is 16.6 Å². The minimum absolute atomic E-state index is 0.147. The fraction of sp³-hybridized carbons (Fsp3) is 0.222. The van der Waals surface area contributed by atoms with Crippen molar-refractivity contribution < 1.29 is 9.32 Å². The van der Waals surface area contributed by atoms with E-state index < -0.39 is 0 Å². The highest BCUT2D eigenvalue weighted by Crippen LogP contribution is 2.21. The van der Waals surface area contributed by atoms with Crippen molar-refractivity contribution >= 4 is 33.2 Å². The molecule has 2 aromatic heterocycles. The van der Waals surface area contributed by atoms with Crippen LogP contribution in [-0.4, -0.2) is 16.0 Å². The van der Waals surface area contributed by atoms with Gasteiger partial charge in [-0.3, -0.25) is 4.79 Å². The van der Waals surface area contributed by atoms with E-state index in [4.69, 9.17) is 4.52 Å². The quantitative estimate of drug-likeness (QED) is 0.943. The molecule has 0 aromatic carbocycles. The summed E-state index contributed by atoms with van der Waals surface area (Å²) in [5, 5.41) is 6.33. The third-order valence-electron chi connectivity index (χ3n) is 1.77. The molecule has 0 spiro atoms. The summed E-state index contributed by atoms with van der Waals surface area (Å²) in [6.07, 6.45) is 0. The second-order valence-corrected chi connectivity index (χ2v) is 5.48. The van der Waals surface area contributed by atoms with Gasteiger partial charge in [-0.05, 0) is 35.0 Å². The molecular weight excluding hydrogens is 294 g/mol. The zero-order valence-electron chi connectivity index (χ0n) is 8.36. The second kappa shape index (κ2) is 4.75. The Morgan fingerprint density at radius 1 is 1.62 bits per heavy atom. The van der Waals surface area contributed by atoms with Crippen LogP contribution in [0.1, 0.15) is 21.4 Å². The van der Waals surface area contributed by atoms with Crippen molar-refractivity contribution in [2.45, 2.75) is 13.5 Å². The summed E-state index contributed by atoms with van der Waals surface area (Å²) in [6, 6.07) is 3.58. The molecular formula is C9H8BrN3O2S. The van der Waals surface area contributed by atoms with Crippen molar-refractivity contribution in [3.63, 3.8) is 0 Å². The molecule has 7 heteroatoms. The van der Waals surface area contributed by atoms with Crippen LogP contribution in [0.5, 0.6) is 0 Å². The first-order chi connectivity index (χ1) is 7.65. The van der Waals surface area contributed by atoms with Crippen molar-refractivity contribution in [2.24, 2.45) is 0 Å². The van der Waals surface area contributed by atoms with Crippen LogP contribution in [0.3, 0.4) is 0 Å². The van der Waals surface area contributed by atoms with Crippen LogP contribution in [0.4, 0.5) is 0 Å². The fourth-order valence-electron chi connectivity index (χ4n) is 1.09. The van der Waals surface area contributed by atoms with Crippen LogP contribution >= 0.6 is 27.3 Å². The number of carbonyl (C=O) groups is 1. The number of halogens is 1. The SMILES string of the molecule is Cc1noc(CNC(=O)c2ccc(Br)s2)n1. The molecule has 0 aliphatic carbocycles. The molecule has 1 N–H and O–H groups in total. The molecule has 1 amide bonds. The summed E-state index contributed by atoms with van der Waals surface area (Å²) in [5.41, 5.74) is 0. The van der Waals surface area contributed by atoms with Crippen LogP contribution in [0.2, 0.25) is 0 Å². The van der Waals surface area contributed by atoms with Crippen LogP contribution in [0.15, 0.2) is 20.4 Å². The number of nitrogens with one attached hydrogen (secondary N) is 1. The van der Waals surface area contributed by atoms with Crippen molar-refractivity contribution in [3.8, 4) is 0 Å². The van der Waals surface area contributed by atoms with E-state index in [1.165, 1.54) is 11.3 Å². The monoisotopic (exact) mass is 301 g/mol. The predicted octanol–water partition coefficient (Wildman–Crippen LogP) is 2.13. The lowest BCUT2D eigenvalue weighted by Crippen LogP contribution is -2.21. The zero-order valence-corrected chi connectivity index (χ0v) is 10.8. The van der Waals surface area contributed by atoms with Crippen molar-refractivity contribution in [1.29, 1.82) is 0 Å². The van der Waals surface area contributed by atoms with Gasteiger partial charge in [0.25, 0.3) is 5.91 Å². The number of thiophene rings is 1. The molecule has 0 fully saturated rings. The highest BCUT2D eigenvalue weighted by Gasteiger charge is 2.09. The summed E-state index contributed by atoms with van der Waals surface area (Å²) >= 11 is 4.67. The Kier molecular flexibility index (Phi) is 3.35. The summed E-state index contributed by atoms with van der Waals surface area (Å²) in [4.78, 5) is 16.3. The largest absolute Gasteiger partial charge is 0.342 e. The van der Waals surface area contributed by atoms with Crippen LogP contribution < -0.4 is 5.32 Å². The van der Waals surface area contributed by atoms with E-state index in [2.05, 4.69) is 31.4 Å². The molecule has 0 aliphatic rings. The molecule has 5 nitrogen and oxygen atoms in total. The van der Waals surface area contributed by atoms with Gasteiger partial charge in [0.15, 0.2) is 5.82 Å². The number of nitrogens with zero attached hydrogens (tertiary/aromatic N) is 2. The van der Waals surface area contributed by atoms with E-state index in [-0.39, 0.29) is 12.5 Å². The van der Waals surface area contributed by atoms with E-state index in [1.54, 1.807) is 13.0 Å². The fourth-order valence-corrected chi connectivity index (χ4v) is 2.39. The summed E-state index contributed by atoms with van der Waals surface area (Å²) in [6.45, 7) is 1.97. The lowest BCUT2D eigenvalue weighted by Gasteiger charge is -1.98. The van der Waals surface area contributed by atoms with Crippen molar-refractivity contribution in [2.75, 3.05) is 0 Å². The minimum Gasteiger partial charge on any atom is -0.342 e. The molecule has 2 heterocycles. The van der Waals surface area contributed by atoms with Gasteiger partial charge in [0.2, 0.25) is 5.89 Å². The zero-order chi connectivity index (χ0) is 11.5. The Bertz CT molecular complexity index is 508. The number of hydrogen-bond donors (Lipinski definition) is 1. The first-order valence-corrected chi connectivity index (χ1v) is 6.09. The number of carbonyl (C=O) groups excluding carboxylic acids is 1. The Morgan fingerprint density at radius 3 is 3.00 bits per heavy atom. The van der Waals surface area contributed by atoms with Crippen LogP contribution in [-0.2, 0) is 6.54 Å². The Balaban J connectivity index is 1.93. The molecule has 0 saturated carbocycles. The van der Waals surface area contributed by atoms with Gasteiger partial charge in [-0.2, -0.15) is 4.98 Å². The lowest BCUT2D eigenvalue weighted by atomic mass is 10.4. The van der Waals surface area contributed by atoms with Gasteiger partial charge >= 0.3 is 0 Å². The number of aromatic nitrogens is 2. The van der Waals surface area contributed by atoms with E-state index in [0.717, 1.165) is 3.79 Å². The maximum absolute atomic E-state index is 11.6. The average molecular weight is 302 g/mol. The van der Waals surface area contributed by atoms with E-state index in [9.17, 15) is 4.79 Å². The maximum atomic E-state index is 11.6. The Labute approximate surface area is 104 Å². The molecule has 2 aromatic rings. The molecule has 0 atom stereocenters. The third kappa shape index (κ3) is 2.67. The number of rotatable bonds is 3. The number of aryl methyl sites for hydroxylation is 1. The summed E-state index contributed by atoms with van der Waals surface area (Å²) in [7, 11) is 0. The molecule has 0 radical (unpaired) electrons. The smallest absolute Gasteiger partial charge is 0.261 e. The van der Waals surface area contributed by atoms with Crippen molar-refractivity contribution in [1.82, 2.24) is 15.5 Å². The average Bonchev–Trinajstić information content (AvgIpc) is 2.84. The van der Waals surface area contributed by atoms with Gasteiger partial charge in [0.05, 0.1) is 15.2 Å². The Morgan fingerprint density at radius 2 is 2.44 bits per heavy atom. The van der Waals surface area contributed by atoms with Gasteiger partial charge in [-0.15, -0.1) is 11.3 Å². The number of amides is 1. The minimum atomic E-state index is -0.147. The highest BCUT2D eigenvalue weighted by molar-refractivity contribution is 9.11. The summed E-state index contributed by atoms with van der Waals surface area (Å²) < 4.78 is 5.80. The lowest BCUT2D eigenvalue weighted by molar-refractivity contribution is 0.0950. The van der Waals surface area contributed by atoms with Crippen LogP contribution in [0, 0.1) is 6.92 Å². The van der Waals surface area contributed by atoms with E-state index in [1.807, 2.05) is 6.07 Å². The van der Waals surface area contributed by atoms with E-state index >= 15 is 0 Å². The molecule has 16 heavy (non-hydrogen) atoms. The molecule has 0 aliphatic heterocycles. The first kappa shape index (κ1) is 11.3. The third-order valence-corrected chi connectivity index (χ3v) is 3.39. The van der Waals surface area contributed by atoms with Gasteiger partial charge in [-0.1, -0.05) is 5.16 Å². The van der Waals surface area contributed by atoms with Gasteiger partial charge < -0.3 is 9.84 Å². The molecule has 2 rings (SSSR count). The number of hydrogen-bond acceptors (Lipinski definition) is 5. The standard InChI is InChI=1S/C9H8BrN3O2S/c1-5-12-8(15-13-5)4-11-9(14)6-2-3-7(10)16-6/h2-3H,4H2,1H3,(H,11,14). The maximum Gasteiger partial charge on any atom is 0.261 e. The van der Waals surface area contributed by atoms with Gasteiger partial charge in [0.1, 0.15) is 0 Å². The predicted molar refractivity (Wildman–Crippen MR) is 62.2 cm³/mol. The topological polar surface area (TPSA) is 68.0 Å². The van der Waals surface area contributed by atoms with Crippen molar-refractivity contribution in [3.05, 3.63) is 32.5 Å². The highest BCUT2D eigenvalue weighted by atomic mass is 79.9. The van der Waals surface area contributed by atoms with Gasteiger partial charge in [0, 0.05) is 0 Å². The molecule has 0 unspecified atom stereocenters. The second-order valence-electron chi connectivity index (χ2n) is 3.02.